The maximum atomic E-state index is 16.0. The van der Waals surface area contributed by atoms with Gasteiger partial charge in [-0.1, -0.05) is 12.2 Å². The number of nitrogen functional groups attached to an aromatic ring is 3. The van der Waals surface area contributed by atoms with Crippen molar-refractivity contribution in [2.75, 3.05) is 63.4 Å². The van der Waals surface area contributed by atoms with Crippen molar-refractivity contribution in [1.82, 2.24) is 117 Å². The van der Waals surface area contributed by atoms with E-state index in [0.717, 1.165) is 0 Å². The molecule has 72 heteroatoms. The molecule has 0 saturated carbocycles. The first-order valence-electron chi connectivity index (χ1n) is 39.9. The summed E-state index contributed by atoms with van der Waals surface area (Å²) in [5.74, 6) is 0.984. The number of phosphoric ester groups is 2. The third-order valence-electron chi connectivity index (χ3n) is 22.9. The highest BCUT2D eigenvalue weighted by atomic mass is 32.7. The molecule has 10 fully saturated rings. The third-order valence-corrected chi connectivity index (χ3v) is 31.1. The zero-order chi connectivity index (χ0) is 95.8. The summed E-state index contributed by atoms with van der Waals surface area (Å²) >= 11 is 19.7. The number of imidazole rings is 6. The number of hydrogen-bond acceptors (Lipinski definition) is 49. The molecular formula is C64H73F2N27O33P6S4. The van der Waals surface area contributed by atoms with Crippen LogP contribution in [-0.4, -0.2) is 313 Å². The maximum absolute atomic E-state index is 16.0. The lowest BCUT2D eigenvalue weighted by atomic mass is 10.0. The van der Waals surface area contributed by atoms with Gasteiger partial charge < -0.3 is 119 Å². The van der Waals surface area contributed by atoms with E-state index in [1.807, 2.05) is 0 Å². The van der Waals surface area contributed by atoms with Crippen molar-refractivity contribution < 1.29 is 150 Å². The molecule has 30 atom stereocenters. The Morgan fingerprint density at radius 3 is 1.12 bits per heavy atom. The van der Waals surface area contributed by atoms with E-state index in [9.17, 15) is 67.9 Å². The van der Waals surface area contributed by atoms with E-state index in [-0.39, 0.29) is 109 Å². The molecule has 60 nitrogen and oxygen atoms in total. The van der Waals surface area contributed by atoms with E-state index < -0.39 is 246 Å². The number of H-pyrrole nitrogens is 3. The molecule has 8 bridgehead atoms. The number of aliphatic hydroxyl groups is 3. The Balaban J connectivity index is 0.000000126. The van der Waals surface area contributed by atoms with Crippen LogP contribution in [0.3, 0.4) is 0 Å². The number of nitrogens with zero attached hydrogens (tertiary/aromatic N) is 21. The van der Waals surface area contributed by atoms with E-state index in [1.54, 1.807) is 13.8 Å². The topological polar surface area (TPSA) is 788 Å². The highest BCUT2D eigenvalue weighted by Gasteiger charge is 2.67. The molecule has 0 spiro atoms. The Labute approximate surface area is 774 Å². The minimum Gasteiger partial charge on any atom is -0.387 e. The minimum absolute atomic E-state index is 0.0138. The van der Waals surface area contributed by atoms with Gasteiger partial charge in [-0.3, -0.25) is 82.5 Å². The average molecular weight is 2100 g/mol. The molecule has 730 valence electrons. The number of aromatic amines is 3. The first-order chi connectivity index (χ1) is 64.5. The van der Waals surface area contributed by atoms with Crippen molar-refractivity contribution in [3.63, 3.8) is 0 Å². The second kappa shape index (κ2) is 35.8. The summed E-state index contributed by atoms with van der Waals surface area (Å²) in [6, 6.07) is 0. The molecule has 30 unspecified atom stereocenters. The summed E-state index contributed by atoms with van der Waals surface area (Å²) in [6.45, 7) is -16.6. The molecule has 136 heavy (non-hydrogen) atoms. The molecule has 0 amide bonds. The zero-order valence-electron chi connectivity index (χ0n) is 68.9. The molecule has 17 N–H and O–H groups in total. The van der Waals surface area contributed by atoms with E-state index in [2.05, 4.69) is 102 Å². The van der Waals surface area contributed by atoms with Gasteiger partial charge in [-0.2, -0.15) is 0 Å². The fourth-order valence-electron chi connectivity index (χ4n) is 16.8. The monoisotopic (exact) mass is 2100 g/mol. The fourth-order valence-corrected chi connectivity index (χ4v) is 24.5. The molecule has 10 aliphatic heterocycles. The summed E-state index contributed by atoms with van der Waals surface area (Å²) in [7, 11) is -10.1. The fraction of sp³-hybridized carbons (Fsp3) is 0.531. The first-order valence-corrected chi connectivity index (χ1v) is 53.4. The number of hydrogen-bond donors (Lipinski definition) is 15. The maximum Gasteiger partial charge on any atom is 0.472 e. The number of nitrogens with two attached hydrogens (primary N) is 3. The van der Waals surface area contributed by atoms with Gasteiger partial charge in [0.1, 0.15) is 150 Å². The number of thiol groups is 1. The number of anilines is 3. The number of fused-ring (bicyclic) bond motifs is 14. The molecular weight excluding hydrogens is 2030 g/mol. The number of nitrogens with one attached hydrogen (secondary N) is 3. The standard InChI is InChI=1S/C22H25N9O13P2.2C21H24FN9O10P2S2/c1-8-28-18-11(19(33)29-8)27-7-31(18)20-13-12(32)9(41-20)2-39-45(34,35)44-15-14-21(30-6-26-10-16(23)24-5-25-17(10)30)42-22(15,3-38-14)4-40-46(36,37)43-13;2*1-7-28-18-12(19(33)29-7)27-6-31(18)21-15-13(32)8(38-21)2-36-42(34,44)40-14-9(3-37-43(35,45)41-15)39-20(10(14)22)30-5-26-11-16(23)24-4-25-17(11)30/h5-7,9,12-15,20-21,32H,2-4H2,1H3,(H,34,35)(H,36,37)(H2,23,24,25)(H,28,29,33);2*4-6,8-10,13-15,20-21,32H,2-3H2,1H3,(H,34,44)(H,35,45)(H2,23,24,25)(H,28,29,33). The predicted molar refractivity (Wildman–Crippen MR) is 459 cm³/mol. The Kier molecular flexibility index (Phi) is 25.1. The largest absolute Gasteiger partial charge is 0.472 e. The Morgan fingerprint density at radius 2 is 0.721 bits per heavy atom. The lowest BCUT2D eigenvalue weighted by molar-refractivity contribution is -0.184. The van der Waals surface area contributed by atoms with Crippen LogP contribution in [-0.2, 0) is 137 Å². The quantitative estimate of drug-likeness (QED) is 0.0687. The van der Waals surface area contributed by atoms with Gasteiger partial charge in [0.05, 0.1) is 84.2 Å². The summed E-state index contributed by atoms with van der Waals surface area (Å²) in [5.41, 5.74) is 15.6. The van der Waals surface area contributed by atoms with E-state index >= 15 is 8.78 Å². The highest BCUT2D eigenvalue weighted by Crippen LogP contribution is 2.62. The molecule has 12 aromatic heterocycles. The molecule has 0 aromatic carbocycles. The van der Waals surface area contributed by atoms with E-state index in [0.29, 0.717) is 0 Å². The molecule has 0 aliphatic carbocycles. The Hall–Kier alpha value is -8.13. The highest BCUT2D eigenvalue weighted by molar-refractivity contribution is 8.44. The smallest absolute Gasteiger partial charge is 0.387 e. The molecule has 12 aromatic rings. The van der Waals surface area contributed by atoms with Crippen molar-refractivity contribution in [2.45, 2.75) is 168 Å². The van der Waals surface area contributed by atoms with Gasteiger partial charge in [-0.25, -0.2) is 97.2 Å². The van der Waals surface area contributed by atoms with Crippen molar-refractivity contribution >= 4 is 175 Å². The van der Waals surface area contributed by atoms with Crippen LogP contribution in [0.4, 0.5) is 26.2 Å². The zero-order valence-corrected chi connectivity index (χ0v) is 77.7. The normalized spacial score (nSPS) is 38.4. The van der Waals surface area contributed by atoms with Gasteiger partial charge in [0, 0.05) is 0 Å². The number of aliphatic hydroxyl groups excluding tert-OH is 3. The second-order valence-corrected chi connectivity index (χ2v) is 45.7. The number of aryl methyl sites for hydroxylation is 3. The summed E-state index contributed by atoms with van der Waals surface area (Å²) < 4.78 is 188. The van der Waals surface area contributed by atoms with Gasteiger partial charge in [-0.05, 0) is 56.2 Å². The summed E-state index contributed by atoms with van der Waals surface area (Å²) in [4.78, 5) is 161. The molecule has 10 aliphatic rings. The third kappa shape index (κ3) is 17.8. The molecule has 10 saturated heterocycles. The van der Waals surface area contributed by atoms with Crippen molar-refractivity contribution in [3.05, 3.63) is 105 Å². The van der Waals surface area contributed by atoms with Gasteiger partial charge in [-0.15, -0.1) is 0 Å². The Bertz CT molecular complexity index is 6970. The number of aromatic nitrogens is 24. The first kappa shape index (κ1) is 95.4. The minimum atomic E-state index is -5.08. The molecule has 22 rings (SSSR count). The lowest BCUT2D eigenvalue weighted by Gasteiger charge is -2.32. The predicted octanol–water partition coefficient (Wildman–Crippen LogP) is -1.20. The lowest BCUT2D eigenvalue weighted by Crippen LogP contribution is -2.45. The van der Waals surface area contributed by atoms with Gasteiger partial charge >= 0.3 is 42.6 Å². The van der Waals surface area contributed by atoms with Crippen LogP contribution in [0.25, 0.3) is 67.0 Å². The van der Waals surface area contributed by atoms with Crippen molar-refractivity contribution in [2.24, 2.45) is 0 Å². The second-order valence-electron chi connectivity index (χ2n) is 31.6. The number of halogens is 2. The average Bonchev–Trinajstić information content (AvgIpc) is 1.55. The van der Waals surface area contributed by atoms with E-state index in [4.69, 9.17) is 140 Å². The van der Waals surface area contributed by atoms with Gasteiger partial charge in [0.25, 0.3) is 16.7 Å². The van der Waals surface area contributed by atoms with Gasteiger partial charge in [0.15, 0.2) is 118 Å². The number of rotatable bonds is 6. The molecule has 22 heterocycles. The van der Waals surface area contributed by atoms with Gasteiger partial charge in [0.2, 0.25) is 0 Å². The molecule has 0 radical (unpaired) electrons. The van der Waals surface area contributed by atoms with Crippen molar-refractivity contribution in [3.8, 4) is 0 Å². The number of phosphoric acid groups is 2. The number of alkyl halides is 2. The van der Waals surface area contributed by atoms with Crippen LogP contribution >= 0.6 is 54.8 Å². The number of ether oxygens (including phenoxy) is 7. The van der Waals surface area contributed by atoms with Crippen LogP contribution in [0.15, 0.2) is 71.3 Å². The summed E-state index contributed by atoms with van der Waals surface area (Å²) in [5, 5.41) is 33.4. The van der Waals surface area contributed by atoms with Crippen LogP contribution in [0.5, 0.6) is 0 Å². The van der Waals surface area contributed by atoms with Crippen LogP contribution in [0.2, 0.25) is 0 Å². The van der Waals surface area contributed by atoms with Crippen LogP contribution < -0.4 is 33.9 Å². The Morgan fingerprint density at radius 1 is 0.397 bits per heavy atom. The van der Waals surface area contributed by atoms with E-state index in [1.165, 1.54) is 91.3 Å². The SMILES string of the molecule is Cc1nc2c(ncn2C2OC3COP(=O)(O)OC4C5OCC4(COP(=O)(O)OC2C3O)OC5n2cnc3c(N)ncnc32)c(=O)[nH]1.Cc1nc2c(ncn2C2OC3COP(=O)(S)OC4C(COP(O)(=S)OC2C3O)OC(n2cnc3c(N)ncnc32)C4F)c(=O)[nH]1.Cc1nc2c(ncn2C2OC3COP(O)(=S)OC4C(COP(O)(=S)OC2C3O)OC(n2cnc3c(N)ncnc32)C4F)c(=O)[nH]1. The van der Waals surface area contributed by atoms with Crippen LogP contribution in [0, 0.1) is 20.8 Å². The summed E-state index contributed by atoms with van der Waals surface area (Å²) in [6.07, 6.45) is -22.4. The van der Waals surface area contributed by atoms with Crippen molar-refractivity contribution in [1.29, 1.82) is 0 Å². The van der Waals surface area contributed by atoms with Crippen LogP contribution in [0.1, 0.15) is 54.8 Å².